The van der Waals surface area contributed by atoms with E-state index >= 15 is 0 Å². The number of hydrogen-bond acceptors (Lipinski definition) is 7. The summed E-state index contributed by atoms with van der Waals surface area (Å²) in [7, 11) is 0. The molecule has 0 bridgehead atoms. The number of carboxylic acids is 1. The van der Waals surface area contributed by atoms with Crippen molar-refractivity contribution in [3.8, 4) is 0 Å². The minimum atomic E-state index is -1.25. The van der Waals surface area contributed by atoms with Crippen molar-refractivity contribution < 1.29 is 14.8 Å². The van der Waals surface area contributed by atoms with Crippen molar-refractivity contribution in [2.75, 3.05) is 5.32 Å². The topological polar surface area (TPSA) is 118 Å². The van der Waals surface area contributed by atoms with Gasteiger partial charge in [-0.25, -0.2) is 14.8 Å². The van der Waals surface area contributed by atoms with Crippen LogP contribution >= 0.6 is 11.3 Å². The van der Waals surface area contributed by atoms with Gasteiger partial charge in [0.15, 0.2) is 5.69 Å². The lowest BCUT2D eigenvalue weighted by Crippen LogP contribution is -2.12. The standard InChI is InChI=1S/C11H10N4O4S/c1-6(10-12-4-5-20-10)13-9-8(15(18)19)3-2-7(14-9)11(16)17/h2-6H,1H3,(H,13,14)(H,16,17). The van der Waals surface area contributed by atoms with Gasteiger partial charge < -0.3 is 10.4 Å². The number of nitro groups is 1. The Morgan fingerprint density at radius 3 is 2.85 bits per heavy atom. The van der Waals surface area contributed by atoms with E-state index in [9.17, 15) is 14.9 Å². The third kappa shape index (κ3) is 2.88. The van der Waals surface area contributed by atoms with Gasteiger partial charge in [-0.15, -0.1) is 11.3 Å². The van der Waals surface area contributed by atoms with Gasteiger partial charge in [-0.2, -0.15) is 0 Å². The Hall–Kier alpha value is -2.55. The highest BCUT2D eigenvalue weighted by atomic mass is 32.1. The summed E-state index contributed by atoms with van der Waals surface area (Å²) in [5, 5.41) is 25.1. The van der Waals surface area contributed by atoms with Gasteiger partial charge in [-0.05, 0) is 13.0 Å². The van der Waals surface area contributed by atoms with Gasteiger partial charge in [0, 0.05) is 17.6 Å². The Kier molecular flexibility index (Phi) is 3.89. The largest absolute Gasteiger partial charge is 0.477 e. The average Bonchev–Trinajstić information content (AvgIpc) is 2.92. The average molecular weight is 294 g/mol. The Morgan fingerprint density at radius 1 is 1.55 bits per heavy atom. The first-order valence-corrected chi connectivity index (χ1v) is 6.41. The molecule has 2 heterocycles. The number of anilines is 1. The number of nitrogens with one attached hydrogen (secondary N) is 1. The first kappa shape index (κ1) is 13.9. The van der Waals surface area contributed by atoms with Crippen LogP contribution in [0.4, 0.5) is 11.5 Å². The molecule has 0 saturated heterocycles. The van der Waals surface area contributed by atoms with E-state index in [-0.39, 0.29) is 23.2 Å². The summed E-state index contributed by atoms with van der Waals surface area (Å²) in [6, 6.07) is 1.90. The molecule has 2 N–H and O–H groups in total. The molecule has 104 valence electrons. The maximum atomic E-state index is 10.9. The van der Waals surface area contributed by atoms with E-state index in [1.54, 1.807) is 18.5 Å². The maximum absolute atomic E-state index is 10.9. The fourth-order valence-electron chi connectivity index (χ4n) is 1.54. The van der Waals surface area contributed by atoms with E-state index in [2.05, 4.69) is 15.3 Å². The minimum Gasteiger partial charge on any atom is -0.477 e. The number of aromatic carboxylic acids is 1. The van der Waals surface area contributed by atoms with E-state index in [4.69, 9.17) is 5.11 Å². The Labute approximate surface area is 117 Å². The van der Waals surface area contributed by atoms with Crippen LogP contribution in [0.3, 0.4) is 0 Å². The Morgan fingerprint density at radius 2 is 2.30 bits per heavy atom. The summed E-state index contributed by atoms with van der Waals surface area (Å²) in [6.07, 6.45) is 1.62. The number of pyridine rings is 1. The van der Waals surface area contributed by atoms with Crippen LogP contribution in [0.15, 0.2) is 23.7 Å². The molecule has 0 fully saturated rings. The summed E-state index contributed by atoms with van der Waals surface area (Å²) in [6.45, 7) is 1.76. The van der Waals surface area contributed by atoms with Crippen LogP contribution in [-0.4, -0.2) is 26.0 Å². The second-order valence-electron chi connectivity index (χ2n) is 3.86. The molecule has 2 aromatic rings. The summed E-state index contributed by atoms with van der Waals surface area (Å²) in [5.74, 6) is -1.33. The predicted octanol–water partition coefficient (Wildman–Crippen LogP) is 2.32. The predicted molar refractivity (Wildman–Crippen MR) is 72.0 cm³/mol. The van der Waals surface area contributed by atoms with Crippen molar-refractivity contribution in [1.82, 2.24) is 9.97 Å². The quantitative estimate of drug-likeness (QED) is 0.641. The van der Waals surface area contributed by atoms with Gasteiger partial charge in [0.05, 0.1) is 11.0 Å². The highest BCUT2D eigenvalue weighted by Crippen LogP contribution is 2.27. The number of nitrogens with zero attached hydrogens (tertiary/aromatic N) is 3. The molecule has 0 aliphatic carbocycles. The van der Waals surface area contributed by atoms with E-state index in [0.717, 1.165) is 17.1 Å². The summed E-state index contributed by atoms with van der Waals surface area (Å²) < 4.78 is 0. The van der Waals surface area contributed by atoms with Gasteiger partial charge in [0.2, 0.25) is 5.82 Å². The number of hydrogen-bond donors (Lipinski definition) is 2. The minimum absolute atomic E-state index is 0.0856. The van der Waals surface area contributed by atoms with Crippen LogP contribution in [0.5, 0.6) is 0 Å². The number of rotatable bonds is 5. The molecule has 0 radical (unpaired) electrons. The molecule has 8 nitrogen and oxygen atoms in total. The second kappa shape index (κ2) is 5.61. The zero-order chi connectivity index (χ0) is 14.7. The molecule has 0 aliphatic heterocycles. The first-order chi connectivity index (χ1) is 9.49. The van der Waals surface area contributed by atoms with Gasteiger partial charge in [-0.3, -0.25) is 10.1 Å². The van der Waals surface area contributed by atoms with E-state index in [0.29, 0.717) is 0 Å². The van der Waals surface area contributed by atoms with Crippen molar-refractivity contribution in [3.05, 3.63) is 44.5 Å². The van der Waals surface area contributed by atoms with Gasteiger partial charge in [0.1, 0.15) is 5.01 Å². The number of aromatic nitrogens is 2. The Bertz CT molecular complexity index is 644. The normalized spacial score (nSPS) is 11.8. The molecular formula is C11H10N4O4S. The zero-order valence-corrected chi connectivity index (χ0v) is 11.1. The fraction of sp³-hybridized carbons (Fsp3) is 0.182. The van der Waals surface area contributed by atoms with Crippen molar-refractivity contribution in [3.63, 3.8) is 0 Å². The highest BCUT2D eigenvalue weighted by Gasteiger charge is 2.20. The lowest BCUT2D eigenvalue weighted by Gasteiger charge is -2.12. The molecule has 0 amide bonds. The van der Waals surface area contributed by atoms with Crippen LogP contribution in [0, 0.1) is 10.1 Å². The second-order valence-corrected chi connectivity index (χ2v) is 4.79. The maximum Gasteiger partial charge on any atom is 0.354 e. The molecule has 0 aliphatic rings. The van der Waals surface area contributed by atoms with Crippen molar-refractivity contribution >= 4 is 28.8 Å². The van der Waals surface area contributed by atoms with Crippen molar-refractivity contribution in [2.24, 2.45) is 0 Å². The smallest absolute Gasteiger partial charge is 0.354 e. The molecule has 20 heavy (non-hydrogen) atoms. The molecule has 1 unspecified atom stereocenters. The number of carboxylic acid groups (broad SMARTS) is 1. The first-order valence-electron chi connectivity index (χ1n) is 5.53. The van der Waals surface area contributed by atoms with E-state index < -0.39 is 10.9 Å². The monoisotopic (exact) mass is 294 g/mol. The molecule has 9 heteroatoms. The Balaban J connectivity index is 2.35. The summed E-state index contributed by atoms with van der Waals surface area (Å²) in [5.41, 5.74) is -0.539. The van der Waals surface area contributed by atoms with Gasteiger partial charge in [0.25, 0.3) is 0 Å². The third-order valence-corrected chi connectivity index (χ3v) is 3.42. The van der Waals surface area contributed by atoms with Crippen LogP contribution in [0.2, 0.25) is 0 Å². The van der Waals surface area contributed by atoms with Gasteiger partial charge in [-0.1, -0.05) is 0 Å². The molecule has 2 aromatic heterocycles. The van der Waals surface area contributed by atoms with Crippen LogP contribution < -0.4 is 5.32 Å². The molecule has 0 saturated carbocycles. The SMILES string of the molecule is CC(Nc1nc(C(=O)O)ccc1[N+](=O)[O-])c1nccs1. The lowest BCUT2D eigenvalue weighted by atomic mass is 10.3. The van der Waals surface area contributed by atoms with Crippen LogP contribution in [-0.2, 0) is 0 Å². The van der Waals surface area contributed by atoms with Crippen LogP contribution in [0.25, 0.3) is 0 Å². The third-order valence-electron chi connectivity index (χ3n) is 2.46. The molecule has 1 atom stereocenters. The zero-order valence-electron chi connectivity index (χ0n) is 10.3. The number of thiazole rings is 1. The fourth-order valence-corrected chi connectivity index (χ4v) is 2.19. The molecular weight excluding hydrogens is 284 g/mol. The van der Waals surface area contributed by atoms with Crippen molar-refractivity contribution in [2.45, 2.75) is 13.0 Å². The van der Waals surface area contributed by atoms with Crippen molar-refractivity contribution in [1.29, 1.82) is 0 Å². The summed E-state index contributed by atoms with van der Waals surface area (Å²) in [4.78, 5) is 29.1. The molecule has 0 spiro atoms. The molecule has 2 rings (SSSR count). The number of carbonyl (C=O) groups is 1. The lowest BCUT2D eigenvalue weighted by molar-refractivity contribution is -0.384. The van der Waals surface area contributed by atoms with E-state index in [1.807, 2.05) is 0 Å². The van der Waals surface area contributed by atoms with Gasteiger partial charge >= 0.3 is 11.7 Å². The highest BCUT2D eigenvalue weighted by molar-refractivity contribution is 7.09. The van der Waals surface area contributed by atoms with Crippen LogP contribution in [0.1, 0.15) is 28.5 Å². The summed E-state index contributed by atoms with van der Waals surface area (Å²) >= 11 is 1.39. The molecule has 0 aromatic carbocycles. The van der Waals surface area contributed by atoms with E-state index in [1.165, 1.54) is 11.3 Å².